The maximum Gasteiger partial charge on any atom is 0.261 e. The highest BCUT2D eigenvalue weighted by Crippen LogP contribution is 2.23. The normalized spacial score (nSPS) is 10.1. The maximum absolute atomic E-state index is 11.9. The summed E-state index contributed by atoms with van der Waals surface area (Å²) < 4.78 is 1.94. The van der Waals surface area contributed by atoms with Gasteiger partial charge in [-0.25, -0.2) is 0 Å². The third-order valence-corrected chi connectivity index (χ3v) is 4.58. The van der Waals surface area contributed by atoms with Crippen LogP contribution in [0, 0.1) is 3.57 Å². The highest BCUT2D eigenvalue weighted by molar-refractivity contribution is 14.1. The van der Waals surface area contributed by atoms with E-state index < -0.39 is 11.5 Å². The summed E-state index contributed by atoms with van der Waals surface area (Å²) >= 11 is 5.56. The summed E-state index contributed by atoms with van der Waals surface area (Å²) in [5.74, 6) is -0.426. The van der Waals surface area contributed by atoms with E-state index in [4.69, 9.17) is 0 Å². The molecule has 0 atom stereocenters. The number of halogens is 2. The summed E-state index contributed by atoms with van der Waals surface area (Å²) in [5, 5.41) is 2.67. The highest BCUT2D eigenvalue weighted by atomic mass is 127. The van der Waals surface area contributed by atoms with Crippen LogP contribution in [0.15, 0.2) is 45.8 Å². The number of carbonyl (C=O) groups is 1. The summed E-state index contributed by atoms with van der Waals surface area (Å²) in [6, 6.07) is 8.53. The summed E-state index contributed by atoms with van der Waals surface area (Å²) in [4.78, 5) is 25.8. The molecule has 0 radical (unpaired) electrons. The Morgan fingerprint density at radius 1 is 1.33 bits per heavy atom. The van der Waals surface area contributed by atoms with Crippen LogP contribution in [0.25, 0.3) is 0 Å². The van der Waals surface area contributed by atoms with Gasteiger partial charge < -0.3 is 10.3 Å². The largest absolute Gasteiger partial charge is 0.328 e. The summed E-state index contributed by atoms with van der Waals surface area (Å²) in [7, 11) is 0. The monoisotopic (exact) mass is 418 g/mol. The Labute approximate surface area is 125 Å². The van der Waals surface area contributed by atoms with E-state index in [2.05, 4.69) is 48.8 Å². The van der Waals surface area contributed by atoms with Crippen LogP contribution in [0.3, 0.4) is 0 Å². The average molecular weight is 419 g/mol. The van der Waals surface area contributed by atoms with E-state index in [1.54, 1.807) is 18.2 Å². The first-order valence-electron chi connectivity index (χ1n) is 5.02. The number of aromatic nitrogens is 1. The van der Waals surface area contributed by atoms with Crippen molar-refractivity contribution in [2.75, 3.05) is 5.32 Å². The molecule has 2 rings (SSSR count). The van der Waals surface area contributed by atoms with Gasteiger partial charge in [-0.2, -0.15) is 0 Å². The second-order valence-corrected chi connectivity index (χ2v) is 5.51. The van der Waals surface area contributed by atoms with Gasteiger partial charge in [0.1, 0.15) is 5.56 Å². The summed E-state index contributed by atoms with van der Waals surface area (Å²) in [5.41, 5.74) is 0.322. The van der Waals surface area contributed by atoms with Gasteiger partial charge in [0.15, 0.2) is 0 Å². The van der Waals surface area contributed by atoms with E-state index in [0.717, 1.165) is 8.04 Å². The third-order valence-electron chi connectivity index (χ3n) is 2.24. The fraction of sp³-hybridized carbons (Fsp3) is 0. The molecule has 0 aliphatic rings. The molecule has 0 fully saturated rings. The molecular formula is C12H8BrIN2O2. The van der Waals surface area contributed by atoms with Gasteiger partial charge in [-0.3, -0.25) is 9.59 Å². The van der Waals surface area contributed by atoms with Crippen molar-refractivity contribution < 1.29 is 4.79 Å². The molecule has 1 aromatic heterocycles. The first-order valence-corrected chi connectivity index (χ1v) is 6.89. The van der Waals surface area contributed by atoms with E-state index >= 15 is 0 Å². The Hall–Kier alpha value is -1.15. The predicted octanol–water partition coefficient (Wildman–Crippen LogP) is 2.99. The van der Waals surface area contributed by atoms with E-state index in [-0.39, 0.29) is 5.56 Å². The number of hydrogen-bond donors (Lipinski definition) is 2. The predicted molar refractivity (Wildman–Crippen MR) is 81.9 cm³/mol. The first kappa shape index (κ1) is 13.3. The van der Waals surface area contributed by atoms with Crippen LogP contribution in [0.4, 0.5) is 5.69 Å². The fourth-order valence-corrected chi connectivity index (χ4v) is 2.09. The van der Waals surface area contributed by atoms with Crippen molar-refractivity contribution >= 4 is 50.1 Å². The zero-order valence-corrected chi connectivity index (χ0v) is 12.8. The first-order chi connectivity index (χ1) is 8.58. The molecule has 4 nitrogen and oxygen atoms in total. The van der Waals surface area contributed by atoms with Crippen molar-refractivity contribution in [3.8, 4) is 0 Å². The number of nitrogens with one attached hydrogen (secondary N) is 2. The number of benzene rings is 1. The van der Waals surface area contributed by atoms with Gasteiger partial charge in [-0.15, -0.1) is 0 Å². The molecule has 0 aliphatic carbocycles. The molecule has 0 spiro atoms. The second kappa shape index (κ2) is 5.66. The van der Waals surface area contributed by atoms with Crippen molar-refractivity contribution in [2.45, 2.75) is 0 Å². The van der Waals surface area contributed by atoms with Crippen LogP contribution in [-0.2, 0) is 0 Å². The Morgan fingerprint density at radius 3 is 2.78 bits per heavy atom. The topological polar surface area (TPSA) is 62.0 Å². The third kappa shape index (κ3) is 2.99. The van der Waals surface area contributed by atoms with E-state index in [1.807, 2.05) is 6.07 Å². The zero-order valence-electron chi connectivity index (χ0n) is 9.04. The summed E-state index contributed by atoms with van der Waals surface area (Å²) in [6.45, 7) is 0. The molecule has 0 saturated carbocycles. The van der Waals surface area contributed by atoms with E-state index in [1.165, 1.54) is 12.3 Å². The maximum atomic E-state index is 11.9. The lowest BCUT2D eigenvalue weighted by atomic mass is 10.2. The molecule has 2 N–H and O–H groups in total. The summed E-state index contributed by atoms with van der Waals surface area (Å²) in [6.07, 6.45) is 1.49. The number of amides is 1. The minimum Gasteiger partial charge on any atom is -0.328 e. The van der Waals surface area contributed by atoms with Crippen LogP contribution in [-0.4, -0.2) is 10.9 Å². The number of aromatic amines is 1. The van der Waals surface area contributed by atoms with Crippen molar-refractivity contribution in [2.24, 2.45) is 0 Å². The highest BCUT2D eigenvalue weighted by Gasteiger charge is 2.10. The smallest absolute Gasteiger partial charge is 0.261 e. The number of carbonyl (C=O) groups excluding carboxylic acids is 1. The average Bonchev–Trinajstić information content (AvgIpc) is 2.34. The standard InChI is InChI=1S/C12H8BrIN2O2/c13-9-6-7(3-4-10(9)14)16-12(18)8-2-1-5-15-11(8)17/h1-6H,(H,15,17)(H,16,18). The van der Waals surface area contributed by atoms with Gasteiger partial charge in [0.2, 0.25) is 0 Å². The van der Waals surface area contributed by atoms with Crippen molar-refractivity contribution in [1.29, 1.82) is 0 Å². The quantitative estimate of drug-likeness (QED) is 0.736. The van der Waals surface area contributed by atoms with E-state index in [9.17, 15) is 9.59 Å². The molecule has 1 heterocycles. The molecule has 18 heavy (non-hydrogen) atoms. The minimum absolute atomic E-state index is 0.0900. The lowest BCUT2D eigenvalue weighted by molar-refractivity contribution is 0.102. The van der Waals surface area contributed by atoms with Crippen LogP contribution < -0.4 is 10.9 Å². The second-order valence-electron chi connectivity index (χ2n) is 3.50. The number of rotatable bonds is 2. The lowest BCUT2D eigenvalue weighted by Crippen LogP contribution is -2.22. The SMILES string of the molecule is O=C(Nc1ccc(I)c(Br)c1)c1ccc[nH]c1=O. The number of H-pyrrole nitrogens is 1. The van der Waals surface area contributed by atoms with Gasteiger partial charge in [-0.1, -0.05) is 0 Å². The minimum atomic E-state index is -0.426. The number of hydrogen-bond acceptors (Lipinski definition) is 2. The molecule has 0 bridgehead atoms. The van der Waals surface area contributed by atoms with Gasteiger partial charge in [0.05, 0.1) is 0 Å². The lowest BCUT2D eigenvalue weighted by Gasteiger charge is -2.05. The van der Waals surface area contributed by atoms with Crippen molar-refractivity contribution in [3.63, 3.8) is 0 Å². The zero-order chi connectivity index (χ0) is 13.1. The molecule has 92 valence electrons. The molecule has 0 saturated heterocycles. The van der Waals surface area contributed by atoms with Gasteiger partial charge >= 0.3 is 0 Å². The molecule has 6 heteroatoms. The molecule has 0 unspecified atom stereocenters. The van der Waals surface area contributed by atoms with Gasteiger partial charge in [-0.05, 0) is 68.9 Å². The van der Waals surface area contributed by atoms with Crippen LogP contribution in [0.5, 0.6) is 0 Å². The Morgan fingerprint density at radius 2 is 2.11 bits per heavy atom. The number of pyridine rings is 1. The Balaban J connectivity index is 2.24. The molecule has 0 aliphatic heterocycles. The molecule has 1 amide bonds. The number of anilines is 1. The van der Waals surface area contributed by atoms with Crippen molar-refractivity contribution in [3.05, 3.63) is 60.5 Å². The Bertz CT molecular complexity index is 655. The molecule has 1 aromatic carbocycles. The van der Waals surface area contributed by atoms with Crippen LogP contribution >= 0.6 is 38.5 Å². The van der Waals surface area contributed by atoms with Crippen molar-refractivity contribution in [1.82, 2.24) is 4.98 Å². The van der Waals surface area contributed by atoms with Gasteiger partial charge in [0.25, 0.3) is 11.5 Å². The van der Waals surface area contributed by atoms with E-state index in [0.29, 0.717) is 5.69 Å². The Kier molecular flexibility index (Phi) is 4.18. The fourth-order valence-electron chi connectivity index (χ4n) is 1.37. The molecule has 2 aromatic rings. The van der Waals surface area contributed by atoms with Gasteiger partial charge in [0, 0.05) is 19.9 Å². The van der Waals surface area contributed by atoms with Crippen LogP contribution in [0.2, 0.25) is 0 Å². The molecular weight excluding hydrogens is 411 g/mol. The van der Waals surface area contributed by atoms with Crippen LogP contribution in [0.1, 0.15) is 10.4 Å².